The van der Waals surface area contributed by atoms with E-state index in [9.17, 15) is 0 Å². The number of aryl methyl sites for hydroxylation is 1. The molecule has 18 heavy (non-hydrogen) atoms. The predicted molar refractivity (Wildman–Crippen MR) is 81.4 cm³/mol. The SMILES string of the molecule is CCCNC(CC1CCCO1)c1cc(Br)c(C)s1. The Hall–Kier alpha value is 0.1000. The maximum absolute atomic E-state index is 5.77. The second kappa shape index (κ2) is 7.04. The molecule has 2 nitrogen and oxygen atoms in total. The minimum Gasteiger partial charge on any atom is -0.378 e. The average molecular weight is 332 g/mol. The van der Waals surface area contributed by atoms with Crippen molar-refractivity contribution < 1.29 is 4.74 Å². The first kappa shape index (κ1) is 14.5. The highest BCUT2D eigenvalue weighted by Crippen LogP contribution is 2.34. The second-order valence-electron chi connectivity index (χ2n) is 4.93. The normalized spacial score (nSPS) is 21.4. The van der Waals surface area contributed by atoms with E-state index in [-0.39, 0.29) is 0 Å². The molecule has 0 bridgehead atoms. The molecule has 0 saturated carbocycles. The Kier molecular flexibility index (Phi) is 5.67. The molecule has 1 aliphatic rings. The third-order valence-electron chi connectivity index (χ3n) is 3.38. The Labute approximate surface area is 122 Å². The van der Waals surface area contributed by atoms with Gasteiger partial charge in [0.2, 0.25) is 0 Å². The van der Waals surface area contributed by atoms with Crippen LogP contribution in [0.1, 0.15) is 48.4 Å². The maximum atomic E-state index is 5.77. The van der Waals surface area contributed by atoms with Crippen molar-refractivity contribution in [1.29, 1.82) is 0 Å². The van der Waals surface area contributed by atoms with Crippen molar-refractivity contribution in [2.45, 2.75) is 51.7 Å². The third-order valence-corrected chi connectivity index (χ3v) is 5.63. The minimum atomic E-state index is 0.445. The minimum absolute atomic E-state index is 0.445. The molecule has 2 heterocycles. The lowest BCUT2D eigenvalue weighted by Gasteiger charge is -2.20. The summed E-state index contributed by atoms with van der Waals surface area (Å²) >= 11 is 5.51. The van der Waals surface area contributed by atoms with E-state index >= 15 is 0 Å². The fraction of sp³-hybridized carbons (Fsp3) is 0.714. The molecule has 1 aromatic heterocycles. The number of rotatable bonds is 6. The fourth-order valence-corrected chi connectivity index (χ4v) is 4.01. The molecule has 0 aliphatic carbocycles. The van der Waals surface area contributed by atoms with Crippen LogP contribution in [-0.4, -0.2) is 19.3 Å². The van der Waals surface area contributed by atoms with Crippen LogP contribution in [0.2, 0.25) is 0 Å². The standard InChI is InChI=1S/C14H22BrNOS/c1-3-6-16-13(8-11-5-4-7-17-11)14-9-12(15)10(2)18-14/h9,11,13,16H,3-8H2,1-2H3. The van der Waals surface area contributed by atoms with Crippen molar-refractivity contribution >= 4 is 27.3 Å². The number of hydrogen-bond donors (Lipinski definition) is 1. The summed E-state index contributed by atoms with van der Waals surface area (Å²) in [6.07, 6.45) is 5.16. The van der Waals surface area contributed by atoms with Crippen molar-refractivity contribution in [2.24, 2.45) is 0 Å². The summed E-state index contributed by atoms with van der Waals surface area (Å²) in [6, 6.07) is 2.71. The average Bonchev–Trinajstić information content (AvgIpc) is 2.96. The first-order valence-electron chi connectivity index (χ1n) is 6.81. The van der Waals surface area contributed by atoms with E-state index in [1.54, 1.807) is 0 Å². The van der Waals surface area contributed by atoms with Crippen LogP contribution in [0.25, 0.3) is 0 Å². The summed E-state index contributed by atoms with van der Waals surface area (Å²) in [5, 5.41) is 3.66. The van der Waals surface area contributed by atoms with Gasteiger partial charge in [-0.25, -0.2) is 0 Å². The highest BCUT2D eigenvalue weighted by atomic mass is 79.9. The van der Waals surface area contributed by atoms with E-state index in [2.05, 4.69) is 41.2 Å². The van der Waals surface area contributed by atoms with Crippen LogP contribution < -0.4 is 5.32 Å². The summed E-state index contributed by atoms with van der Waals surface area (Å²) in [5.41, 5.74) is 0. The topological polar surface area (TPSA) is 21.3 Å². The molecule has 2 atom stereocenters. The van der Waals surface area contributed by atoms with Gasteiger partial charge in [0.1, 0.15) is 0 Å². The molecule has 1 aromatic rings. The number of hydrogen-bond acceptors (Lipinski definition) is 3. The van der Waals surface area contributed by atoms with Gasteiger partial charge in [-0.2, -0.15) is 0 Å². The first-order chi connectivity index (χ1) is 8.70. The number of halogens is 1. The van der Waals surface area contributed by atoms with Crippen molar-refractivity contribution in [3.05, 3.63) is 20.3 Å². The zero-order valence-electron chi connectivity index (χ0n) is 11.2. The molecular formula is C14H22BrNOS. The molecule has 2 rings (SSSR count). The molecule has 0 spiro atoms. The molecule has 1 N–H and O–H groups in total. The molecule has 102 valence electrons. The van der Waals surface area contributed by atoms with E-state index in [0.717, 1.165) is 19.6 Å². The highest BCUT2D eigenvalue weighted by Gasteiger charge is 2.23. The molecule has 1 saturated heterocycles. The van der Waals surface area contributed by atoms with Gasteiger partial charge in [-0.3, -0.25) is 0 Å². The van der Waals surface area contributed by atoms with Gasteiger partial charge in [-0.1, -0.05) is 6.92 Å². The van der Waals surface area contributed by atoms with Crippen molar-refractivity contribution in [3.8, 4) is 0 Å². The highest BCUT2D eigenvalue weighted by molar-refractivity contribution is 9.10. The zero-order chi connectivity index (χ0) is 13.0. The van der Waals surface area contributed by atoms with E-state index in [0.29, 0.717) is 12.1 Å². The van der Waals surface area contributed by atoms with Crippen LogP contribution in [0.5, 0.6) is 0 Å². The van der Waals surface area contributed by atoms with Gasteiger partial charge in [-0.05, 0) is 61.1 Å². The van der Waals surface area contributed by atoms with E-state index in [4.69, 9.17) is 4.74 Å². The van der Waals surface area contributed by atoms with Gasteiger partial charge >= 0.3 is 0 Å². The maximum Gasteiger partial charge on any atom is 0.0594 e. The summed E-state index contributed by atoms with van der Waals surface area (Å²) in [5.74, 6) is 0. The van der Waals surface area contributed by atoms with Gasteiger partial charge in [-0.15, -0.1) is 11.3 Å². The molecule has 1 aliphatic heterocycles. The monoisotopic (exact) mass is 331 g/mol. The molecule has 4 heteroatoms. The van der Waals surface area contributed by atoms with Gasteiger partial charge in [0.15, 0.2) is 0 Å². The van der Waals surface area contributed by atoms with Crippen LogP contribution in [0.3, 0.4) is 0 Å². The van der Waals surface area contributed by atoms with Crippen LogP contribution in [0, 0.1) is 6.92 Å². The predicted octanol–water partition coefficient (Wildman–Crippen LogP) is 4.43. The molecule has 2 unspecified atom stereocenters. The van der Waals surface area contributed by atoms with Gasteiger partial charge in [0, 0.05) is 26.9 Å². The Morgan fingerprint density at radius 3 is 3.00 bits per heavy atom. The zero-order valence-corrected chi connectivity index (χ0v) is 13.6. The lowest BCUT2D eigenvalue weighted by molar-refractivity contribution is 0.0949. The quantitative estimate of drug-likeness (QED) is 0.832. The van der Waals surface area contributed by atoms with Crippen LogP contribution >= 0.6 is 27.3 Å². The lowest BCUT2D eigenvalue weighted by atomic mass is 10.1. The number of ether oxygens (including phenoxy) is 1. The van der Waals surface area contributed by atoms with Crippen LogP contribution in [0.4, 0.5) is 0 Å². The second-order valence-corrected chi connectivity index (χ2v) is 7.07. The number of thiophene rings is 1. The van der Waals surface area contributed by atoms with Crippen molar-refractivity contribution in [3.63, 3.8) is 0 Å². The van der Waals surface area contributed by atoms with Gasteiger partial charge in [0.25, 0.3) is 0 Å². The van der Waals surface area contributed by atoms with Crippen molar-refractivity contribution in [2.75, 3.05) is 13.2 Å². The van der Waals surface area contributed by atoms with Gasteiger partial charge in [0.05, 0.1) is 6.10 Å². The van der Waals surface area contributed by atoms with Crippen LogP contribution in [-0.2, 0) is 4.74 Å². The summed E-state index contributed by atoms with van der Waals surface area (Å²) in [4.78, 5) is 2.80. The summed E-state index contributed by atoms with van der Waals surface area (Å²) in [7, 11) is 0. The molecule has 1 fully saturated rings. The molecule has 0 radical (unpaired) electrons. The fourth-order valence-electron chi connectivity index (χ4n) is 2.37. The lowest BCUT2D eigenvalue weighted by Crippen LogP contribution is -2.25. The van der Waals surface area contributed by atoms with E-state index in [1.165, 1.54) is 33.5 Å². The van der Waals surface area contributed by atoms with Crippen molar-refractivity contribution in [1.82, 2.24) is 5.32 Å². The Morgan fingerprint density at radius 2 is 2.44 bits per heavy atom. The smallest absolute Gasteiger partial charge is 0.0594 e. The molecular weight excluding hydrogens is 310 g/mol. The first-order valence-corrected chi connectivity index (χ1v) is 8.42. The Morgan fingerprint density at radius 1 is 1.61 bits per heavy atom. The third kappa shape index (κ3) is 3.80. The Balaban J connectivity index is 2.03. The largest absolute Gasteiger partial charge is 0.378 e. The summed E-state index contributed by atoms with van der Waals surface area (Å²) in [6.45, 7) is 6.40. The number of nitrogens with one attached hydrogen (secondary N) is 1. The van der Waals surface area contributed by atoms with E-state index in [1.807, 2.05) is 11.3 Å². The van der Waals surface area contributed by atoms with Crippen LogP contribution in [0.15, 0.2) is 10.5 Å². The molecule has 0 amide bonds. The van der Waals surface area contributed by atoms with E-state index < -0.39 is 0 Å². The molecule has 0 aromatic carbocycles. The van der Waals surface area contributed by atoms with Gasteiger partial charge < -0.3 is 10.1 Å². The Bertz CT molecular complexity index is 354. The summed E-state index contributed by atoms with van der Waals surface area (Å²) < 4.78 is 7.01.